The molecule has 0 aromatic carbocycles. The van der Waals surface area contributed by atoms with Crippen molar-refractivity contribution < 1.29 is 19.3 Å². The lowest BCUT2D eigenvalue weighted by molar-refractivity contribution is -0.218. The molecule has 0 radical (unpaired) electrons. The van der Waals surface area contributed by atoms with Crippen molar-refractivity contribution in [2.75, 3.05) is 20.3 Å². The highest BCUT2D eigenvalue weighted by Crippen LogP contribution is 2.29. The Balaban J connectivity index is 2.77. The molecule has 1 unspecified atom stereocenters. The lowest BCUT2D eigenvalue weighted by Gasteiger charge is -2.43. The number of aliphatic hydroxyl groups excluding tert-OH is 1. The molecule has 0 spiro atoms. The second kappa shape index (κ2) is 5.80. The van der Waals surface area contributed by atoms with E-state index in [1.807, 2.05) is 20.8 Å². The number of methoxy groups -OCH3 is 1. The van der Waals surface area contributed by atoms with Crippen molar-refractivity contribution >= 4 is 0 Å². The molecule has 1 saturated heterocycles. The summed E-state index contributed by atoms with van der Waals surface area (Å²) in [6.45, 7) is 6.59. The van der Waals surface area contributed by atoms with Crippen molar-refractivity contribution in [1.82, 2.24) is 0 Å². The first-order valence-corrected chi connectivity index (χ1v) is 5.56. The van der Waals surface area contributed by atoms with Crippen molar-refractivity contribution in [3.63, 3.8) is 0 Å². The average molecular weight is 218 g/mol. The first-order valence-electron chi connectivity index (χ1n) is 5.56. The van der Waals surface area contributed by atoms with E-state index in [-0.39, 0.29) is 36.9 Å². The van der Waals surface area contributed by atoms with Gasteiger partial charge < -0.3 is 19.3 Å². The van der Waals surface area contributed by atoms with E-state index >= 15 is 0 Å². The highest BCUT2D eigenvalue weighted by atomic mass is 16.6. The van der Waals surface area contributed by atoms with E-state index in [2.05, 4.69) is 0 Å². The normalized spacial score (nSPS) is 41.8. The minimum atomic E-state index is -0.0988. The number of rotatable bonds is 4. The maximum Gasteiger partial charge on any atom is 0.110 e. The van der Waals surface area contributed by atoms with Gasteiger partial charge in [0.1, 0.15) is 6.10 Å². The van der Waals surface area contributed by atoms with Crippen LogP contribution in [0.5, 0.6) is 0 Å². The summed E-state index contributed by atoms with van der Waals surface area (Å²) in [6, 6.07) is 0. The van der Waals surface area contributed by atoms with Crippen LogP contribution in [0.1, 0.15) is 20.8 Å². The number of ether oxygens (including phenoxy) is 3. The van der Waals surface area contributed by atoms with Crippen molar-refractivity contribution in [2.24, 2.45) is 5.92 Å². The summed E-state index contributed by atoms with van der Waals surface area (Å²) in [5, 5.41) is 9.34. The molecule has 0 aromatic rings. The summed E-state index contributed by atoms with van der Waals surface area (Å²) in [5.41, 5.74) is 0. The average Bonchev–Trinajstić information content (AvgIpc) is 2.18. The number of hydrogen-bond acceptors (Lipinski definition) is 4. The van der Waals surface area contributed by atoms with Gasteiger partial charge in [0.25, 0.3) is 0 Å². The summed E-state index contributed by atoms with van der Waals surface area (Å²) in [5.74, 6) is -0.00824. The van der Waals surface area contributed by atoms with Crippen LogP contribution < -0.4 is 0 Å². The Hall–Kier alpha value is -0.160. The van der Waals surface area contributed by atoms with Crippen molar-refractivity contribution in [3.8, 4) is 0 Å². The summed E-state index contributed by atoms with van der Waals surface area (Å²) in [4.78, 5) is 0. The lowest BCUT2D eigenvalue weighted by Crippen LogP contribution is -2.55. The summed E-state index contributed by atoms with van der Waals surface area (Å²) < 4.78 is 16.8. The van der Waals surface area contributed by atoms with Crippen LogP contribution in [0, 0.1) is 5.92 Å². The topological polar surface area (TPSA) is 47.9 Å². The van der Waals surface area contributed by atoms with E-state index < -0.39 is 0 Å². The molecule has 0 bridgehead atoms. The largest absolute Gasteiger partial charge is 0.396 e. The van der Waals surface area contributed by atoms with E-state index in [0.717, 1.165) is 0 Å². The molecule has 1 aliphatic heterocycles. The highest BCUT2D eigenvalue weighted by molar-refractivity contribution is 4.90. The fraction of sp³-hybridized carbons (Fsp3) is 1.00. The van der Waals surface area contributed by atoms with Crippen LogP contribution in [0.15, 0.2) is 0 Å². The molecule has 1 N–H and O–H groups in total. The van der Waals surface area contributed by atoms with E-state index in [4.69, 9.17) is 14.2 Å². The molecule has 1 heterocycles. The highest BCUT2D eigenvalue weighted by Gasteiger charge is 2.42. The van der Waals surface area contributed by atoms with Gasteiger partial charge in [-0.2, -0.15) is 0 Å². The van der Waals surface area contributed by atoms with E-state index in [1.165, 1.54) is 0 Å². The van der Waals surface area contributed by atoms with Gasteiger partial charge in [0.2, 0.25) is 0 Å². The smallest absolute Gasteiger partial charge is 0.110 e. The first kappa shape index (κ1) is 12.9. The predicted molar refractivity (Wildman–Crippen MR) is 56.8 cm³/mol. The van der Waals surface area contributed by atoms with Crippen LogP contribution in [0.2, 0.25) is 0 Å². The fourth-order valence-corrected chi connectivity index (χ4v) is 2.28. The van der Waals surface area contributed by atoms with Gasteiger partial charge in [-0.3, -0.25) is 0 Å². The minimum Gasteiger partial charge on any atom is -0.396 e. The quantitative estimate of drug-likeness (QED) is 0.759. The van der Waals surface area contributed by atoms with Crippen LogP contribution >= 0.6 is 0 Å². The fourth-order valence-electron chi connectivity index (χ4n) is 2.28. The van der Waals surface area contributed by atoms with Gasteiger partial charge >= 0.3 is 0 Å². The number of hydrogen-bond donors (Lipinski definition) is 1. The zero-order valence-electron chi connectivity index (χ0n) is 9.97. The molecule has 15 heavy (non-hydrogen) atoms. The molecule has 0 saturated carbocycles. The van der Waals surface area contributed by atoms with Crippen LogP contribution in [-0.4, -0.2) is 49.8 Å². The second-order valence-corrected chi connectivity index (χ2v) is 4.01. The number of aliphatic hydroxyl groups is 1. The molecule has 0 aromatic heterocycles. The molecule has 4 heteroatoms. The van der Waals surface area contributed by atoms with Crippen molar-refractivity contribution in [1.29, 1.82) is 0 Å². The third-order valence-electron chi connectivity index (χ3n) is 3.08. The van der Waals surface area contributed by atoms with Gasteiger partial charge in [-0.1, -0.05) is 0 Å². The van der Waals surface area contributed by atoms with Crippen LogP contribution in [0.3, 0.4) is 0 Å². The Bertz CT molecular complexity index is 169. The zero-order chi connectivity index (χ0) is 11.4. The zero-order valence-corrected chi connectivity index (χ0v) is 9.97. The predicted octanol–water partition coefficient (Wildman–Crippen LogP) is 0.822. The Morgan fingerprint density at radius 3 is 2.33 bits per heavy atom. The van der Waals surface area contributed by atoms with Gasteiger partial charge in [0.05, 0.1) is 24.9 Å². The maximum absolute atomic E-state index is 9.34. The maximum atomic E-state index is 9.34. The van der Waals surface area contributed by atoms with Crippen LogP contribution in [-0.2, 0) is 14.2 Å². The van der Waals surface area contributed by atoms with Gasteiger partial charge in [-0.25, -0.2) is 0 Å². The Labute approximate surface area is 91.5 Å². The molecule has 5 atom stereocenters. The van der Waals surface area contributed by atoms with Gasteiger partial charge in [-0.15, -0.1) is 0 Å². The van der Waals surface area contributed by atoms with Gasteiger partial charge in [0.15, 0.2) is 0 Å². The molecule has 1 rings (SSSR count). The molecule has 0 amide bonds. The Kier molecular flexibility index (Phi) is 4.99. The monoisotopic (exact) mass is 218 g/mol. The van der Waals surface area contributed by atoms with E-state index in [0.29, 0.717) is 6.61 Å². The minimum absolute atomic E-state index is 0.00403. The van der Waals surface area contributed by atoms with E-state index in [9.17, 15) is 5.11 Å². The molecule has 0 aliphatic carbocycles. The lowest BCUT2D eigenvalue weighted by atomic mass is 9.88. The molecule has 1 fully saturated rings. The van der Waals surface area contributed by atoms with Crippen molar-refractivity contribution in [3.05, 3.63) is 0 Å². The molecular formula is C11H22O4. The SMILES string of the molecule is CCO[C@@H]1[C@@H](OC)[C@H](C)OC(C)[C@@H]1CO. The molecule has 4 nitrogen and oxygen atoms in total. The molecular weight excluding hydrogens is 196 g/mol. The second-order valence-electron chi connectivity index (χ2n) is 4.01. The third-order valence-corrected chi connectivity index (χ3v) is 3.08. The first-order chi connectivity index (χ1) is 7.15. The van der Waals surface area contributed by atoms with Crippen molar-refractivity contribution in [2.45, 2.75) is 45.2 Å². The summed E-state index contributed by atoms with van der Waals surface area (Å²) in [6.07, 6.45) is -0.167. The molecule has 1 aliphatic rings. The van der Waals surface area contributed by atoms with Gasteiger partial charge in [-0.05, 0) is 20.8 Å². The van der Waals surface area contributed by atoms with Crippen LogP contribution in [0.25, 0.3) is 0 Å². The standard InChI is InChI=1S/C11H22O4/c1-5-14-11-9(6-12)7(2)15-8(3)10(11)13-4/h7-12H,5-6H2,1-4H3/t7?,8-,9-,10-,11-/m0/s1. The summed E-state index contributed by atoms with van der Waals surface area (Å²) >= 11 is 0. The molecule has 90 valence electrons. The third kappa shape index (κ3) is 2.69. The van der Waals surface area contributed by atoms with Gasteiger partial charge in [0, 0.05) is 19.6 Å². The summed E-state index contributed by atoms with van der Waals surface area (Å²) in [7, 11) is 1.65. The van der Waals surface area contributed by atoms with Crippen LogP contribution in [0.4, 0.5) is 0 Å². The Morgan fingerprint density at radius 2 is 1.87 bits per heavy atom. The Morgan fingerprint density at radius 1 is 1.20 bits per heavy atom. The van der Waals surface area contributed by atoms with E-state index in [1.54, 1.807) is 7.11 Å².